The smallest absolute Gasteiger partial charge is 0.245 e. The average Bonchev–Trinajstić information content (AvgIpc) is 3.65. The molecule has 1 heterocycles. The summed E-state index contributed by atoms with van der Waals surface area (Å²) in [6.45, 7) is 17.2. The highest BCUT2D eigenvalue weighted by atomic mass is 16.5. The first-order chi connectivity index (χ1) is 27.6. The average molecular weight is 828 g/mol. The summed E-state index contributed by atoms with van der Waals surface area (Å²) in [7, 11) is 8.22. The third kappa shape index (κ3) is 14.5. The third-order valence-corrected chi connectivity index (χ3v) is 11.4. The summed E-state index contributed by atoms with van der Waals surface area (Å²) in [6.07, 6.45) is 0.762. The number of likely N-dealkylation sites (tertiary alicyclic amines) is 1. The van der Waals surface area contributed by atoms with Gasteiger partial charge < -0.3 is 35.2 Å². The molecule has 0 aliphatic carbocycles. The number of hydrogen-bond donors (Lipinski definition) is 3. The van der Waals surface area contributed by atoms with Crippen molar-refractivity contribution in [3.63, 3.8) is 0 Å². The van der Waals surface area contributed by atoms with Crippen LogP contribution in [0, 0.1) is 17.8 Å². The first kappa shape index (κ1) is 50.9. The Morgan fingerprint density at radius 3 is 2.08 bits per heavy atom. The minimum atomic E-state index is -1.17. The molecule has 59 heavy (non-hydrogen) atoms. The van der Waals surface area contributed by atoms with Crippen molar-refractivity contribution in [1.29, 1.82) is 0 Å². The number of benzene rings is 1. The first-order valence-corrected chi connectivity index (χ1v) is 20.9. The Balaban J connectivity index is 2.36. The van der Waals surface area contributed by atoms with Crippen LogP contribution >= 0.6 is 0 Å². The van der Waals surface area contributed by atoms with Crippen LogP contribution < -0.4 is 16.0 Å². The molecule has 1 saturated heterocycles. The third-order valence-electron chi connectivity index (χ3n) is 11.4. The predicted molar refractivity (Wildman–Crippen MR) is 229 cm³/mol. The number of rotatable bonds is 22. The van der Waals surface area contributed by atoms with Gasteiger partial charge in [-0.15, -0.1) is 0 Å². The molecule has 332 valence electrons. The van der Waals surface area contributed by atoms with Gasteiger partial charge in [-0.1, -0.05) is 83.4 Å². The van der Waals surface area contributed by atoms with E-state index in [1.54, 1.807) is 44.8 Å². The Bertz CT molecular complexity index is 1570. The number of carbonyl (C=O) groups excluding carboxylic acids is 5. The molecule has 3 N–H and O–H groups in total. The molecule has 5 amide bonds. The molecular weight excluding hydrogens is 755 g/mol. The quantitative estimate of drug-likeness (QED) is 0.0873. The lowest BCUT2D eigenvalue weighted by atomic mass is 9.89. The Kier molecular flexibility index (Phi) is 20.3. The zero-order valence-electron chi connectivity index (χ0n) is 38.0. The fourth-order valence-corrected chi connectivity index (χ4v) is 8.25. The zero-order valence-corrected chi connectivity index (χ0v) is 38.0. The van der Waals surface area contributed by atoms with Crippen LogP contribution in [0.4, 0.5) is 0 Å². The monoisotopic (exact) mass is 828 g/mol. The van der Waals surface area contributed by atoms with E-state index in [0.29, 0.717) is 32.2 Å². The molecule has 2 rings (SSSR count). The first-order valence-electron chi connectivity index (χ1n) is 20.9. The molecule has 16 heteroatoms. The maximum atomic E-state index is 14.4. The number of ether oxygens (including phenoxy) is 2. The van der Waals surface area contributed by atoms with Crippen LogP contribution in [-0.4, -0.2) is 140 Å². The van der Waals surface area contributed by atoms with Gasteiger partial charge in [-0.2, -0.15) is 0 Å². The summed E-state index contributed by atoms with van der Waals surface area (Å²) >= 11 is 0. The Morgan fingerprint density at radius 1 is 0.949 bits per heavy atom. The van der Waals surface area contributed by atoms with Crippen LogP contribution in [0.25, 0.3) is 10.4 Å². The SMILES string of the molecule is CC[C@H](C)[C@@H]([C@@H](CC(=O)N1CCCC1[C@H](OC)[C@@H](C)C(=O)NC(Cc1ccccc1)C(=O)NC(C)(C)C)OC)N(C)C(=O)[C@@H](NC(=O)C(C(C)C)N(C)C)[C@H](C)N=[N+]=[N-]. The molecule has 1 fully saturated rings. The van der Waals surface area contributed by atoms with Gasteiger partial charge in [0, 0.05) is 44.7 Å². The highest BCUT2D eigenvalue weighted by molar-refractivity contribution is 5.91. The fourth-order valence-electron chi connectivity index (χ4n) is 8.25. The van der Waals surface area contributed by atoms with Crippen LogP contribution in [0.2, 0.25) is 0 Å². The van der Waals surface area contributed by atoms with Crippen molar-refractivity contribution < 1.29 is 33.4 Å². The van der Waals surface area contributed by atoms with Crippen molar-refractivity contribution in [2.75, 3.05) is 41.9 Å². The van der Waals surface area contributed by atoms with Crippen LogP contribution in [0.3, 0.4) is 0 Å². The van der Waals surface area contributed by atoms with Gasteiger partial charge >= 0.3 is 0 Å². The van der Waals surface area contributed by atoms with Crippen molar-refractivity contribution in [1.82, 2.24) is 30.7 Å². The minimum Gasteiger partial charge on any atom is -0.379 e. The van der Waals surface area contributed by atoms with E-state index in [2.05, 4.69) is 26.0 Å². The lowest BCUT2D eigenvalue weighted by molar-refractivity contribution is -0.147. The summed E-state index contributed by atoms with van der Waals surface area (Å²) in [5, 5.41) is 12.6. The molecule has 16 nitrogen and oxygen atoms in total. The van der Waals surface area contributed by atoms with Gasteiger partial charge in [0.15, 0.2) is 0 Å². The van der Waals surface area contributed by atoms with E-state index in [4.69, 9.17) is 9.47 Å². The molecule has 1 aromatic carbocycles. The van der Waals surface area contributed by atoms with Gasteiger partial charge in [0.1, 0.15) is 12.1 Å². The van der Waals surface area contributed by atoms with Gasteiger partial charge in [0.25, 0.3) is 0 Å². The number of hydrogen-bond acceptors (Lipinski definition) is 9. The van der Waals surface area contributed by atoms with E-state index in [1.807, 2.05) is 78.8 Å². The van der Waals surface area contributed by atoms with Crippen molar-refractivity contribution in [2.24, 2.45) is 22.9 Å². The number of amides is 5. The number of methoxy groups -OCH3 is 2. The Labute approximate surface area is 352 Å². The topological polar surface area (TPSA) is 198 Å². The van der Waals surface area contributed by atoms with Gasteiger partial charge in [-0.3, -0.25) is 28.9 Å². The van der Waals surface area contributed by atoms with E-state index < -0.39 is 65.8 Å². The summed E-state index contributed by atoms with van der Waals surface area (Å²) < 4.78 is 12.0. The molecule has 0 aromatic heterocycles. The second-order valence-electron chi connectivity index (χ2n) is 17.7. The molecule has 1 aliphatic heterocycles. The van der Waals surface area contributed by atoms with Gasteiger partial charge in [0.2, 0.25) is 29.5 Å². The summed E-state index contributed by atoms with van der Waals surface area (Å²) in [5.41, 5.74) is 9.68. The molecule has 0 bridgehead atoms. The van der Waals surface area contributed by atoms with E-state index in [0.717, 1.165) is 5.56 Å². The van der Waals surface area contributed by atoms with E-state index in [9.17, 15) is 29.5 Å². The van der Waals surface area contributed by atoms with Crippen molar-refractivity contribution >= 4 is 29.5 Å². The molecule has 0 saturated carbocycles. The number of carbonyl (C=O) groups is 5. The lowest BCUT2D eigenvalue weighted by Gasteiger charge is -2.41. The molecule has 0 spiro atoms. The van der Waals surface area contributed by atoms with Crippen molar-refractivity contribution in [3.05, 3.63) is 46.3 Å². The molecular formula is C43H73N9O7. The van der Waals surface area contributed by atoms with Crippen molar-refractivity contribution in [2.45, 2.75) is 148 Å². The highest BCUT2D eigenvalue weighted by Gasteiger charge is 2.44. The van der Waals surface area contributed by atoms with E-state index >= 15 is 0 Å². The molecule has 1 aliphatic rings. The van der Waals surface area contributed by atoms with Gasteiger partial charge in [-0.25, -0.2) is 0 Å². The van der Waals surface area contributed by atoms with Crippen LogP contribution in [-0.2, 0) is 39.9 Å². The number of nitrogens with one attached hydrogen (secondary N) is 3. The number of nitrogens with zero attached hydrogens (tertiary/aromatic N) is 6. The molecule has 1 aromatic rings. The standard InChI is InChI=1S/C43H73N9O7/c1-15-27(4)37(51(12)42(57)35(29(6)48-49-44)46-41(56)36(26(2)3)50(10)11)33(58-13)25-34(53)52-23-19-22-32(52)38(59-14)28(5)39(54)45-31(40(55)47-43(7,8)9)24-30-20-17-16-18-21-30/h16-18,20-21,26-29,31-33,35-38H,15,19,22-25H2,1-14H3,(H,45,54)(H,46,56)(H,47,55)/t27-,28+,29-,31?,32?,33+,35-,36?,37-,38+/m0/s1. The van der Waals surface area contributed by atoms with E-state index in [-0.39, 0.29) is 41.9 Å². The van der Waals surface area contributed by atoms with E-state index in [1.165, 1.54) is 19.1 Å². The van der Waals surface area contributed by atoms with Crippen molar-refractivity contribution in [3.8, 4) is 0 Å². The molecule has 10 atom stereocenters. The predicted octanol–water partition coefficient (Wildman–Crippen LogP) is 4.32. The maximum absolute atomic E-state index is 14.4. The minimum absolute atomic E-state index is 0.0639. The number of likely N-dealkylation sites (N-methyl/N-ethyl adjacent to an activating group) is 2. The maximum Gasteiger partial charge on any atom is 0.245 e. The number of azide groups is 1. The van der Waals surface area contributed by atoms with Crippen LogP contribution in [0.15, 0.2) is 35.4 Å². The van der Waals surface area contributed by atoms with Gasteiger partial charge in [-0.05, 0) is 70.6 Å². The lowest BCUT2D eigenvalue weighted by Crippen LogP contribution is -2.60. The Hall–Kier alpha value is -4.24. The summed E-state index contributed by atoms with van der Waals surface area (Å²) in [4.78, 5) is 77.6. The highest BCUT2D eigenvalue weighted by Crippen LogP contribution is 2.30. The zero-order chi connectivity index (χ0) is 44.8. The van der Waals surface area contributed by atoms with Crippen LogP contribution in [0.5, 0.6) is 0 Å². The van der Waals surface area contributed by atoms with Gasteiger partial charge in [0.05, 0.1) is 48.7 Å². The second kappa shape index (κ2) is 23.5. The second-order valence-corrected chi connectivity index (χ2v) is 17.7. The largest absolute Gasteiger partial charge is 0.379 e. The Morgan fingerprint density at radius 2 is 1.58 bits per heavy atom. The normalized spacial score (nSPS) is 19.0. The molecule has 0 radical (unpaired) electrons. The van der Waals surface area contributed by atoms with Crippen LogP contribution in [0.1, 0.15) is 93.6 Å². The summed E-state index contributed by atoms with van der Waals surface area (Å²) in [5.74, 6) is -2.64. The molecule has 3 unspecified atom stereocenters. The fraction of sp³-hybridized carbons (Fsp3) is 0.744. The summed E-state index contributed by atoms with van der Waals surface area (Å²) in [6, 6.07) is 5.00.